The number of pyridine rings is 1. The number of nitrogens with zero attached hydrogens (tertiary/aromatic N) is 2. The Kier molecular flexibility index (Phi) is 3.99. The van der Waals surface area contributed by atoms with E-state index in [4.69, 9.17) is 16.3 Å². The number of carbonyl (C=O) groups is 1. The van der Waals surface area contributed by atoms with Gasteiger partial charge in [-0.3, -0.25) is 0 Å². The van der Waals surface area contributed by atoms with Gasteiger partial charge < -0.3 is 9.64 Å². The molecule has 1 saturated heterocycles. The number of amides is 1. The van der Waals surface area contributed by atoms with Crippen LogP contribution in [0, 0.1) is 0 Å². The van der Waals surface area contributed by atoms with E-state index in [0.29, 0.717) is 5.15 Å². The van der Waals surface area contributed by atoms with Crippen LogP contribution >= 0.6 is 11.6 Å². The van der Waals surface area contributed by atoms with Crippen molar-refractivity contribution in [3.63, 3.8) is 0 Å². The third-order valence-electron chi connectivity index (χ3n) is 3.02. The van der Waals surface area contributed by atoms with Crippen molar-refractivity contribution in [2.45, 2.75) is 45.3 Å². The maximum Gasteiger partial charge on any atom is 0.410 e. The van der Waals surface area contributed by atoms with Gasteiger partial charge >= 0.3 is 6.09 Å². The van der Waals surface area contributed by atoms with Crippen molar-refractivity contribution in [1.82, 2.24) is 9.88 Å². The molecule has 0 radical (unpaired) electrons. The second kappa shape index (κ2) is 5.37. The number of aromatic nitrogens is 1. The van der Waals surface area contributed by atoms with Crippen LogP contribution in [-0.4, -0.2) is 28.1 Å². The Bertz CT molecular complexity index is 454. The van der Waals surface area contributed by atoms with Crippen LogP contribution in [0.3, 0.4) is 0 Å². The fourth-order valence-electron chi connectivity index (χ4n) is 2.24. The molecular weight excluding hydrogens is 264 g/mol. The molecule has 0 N–H and O–H groups in total. The molecule has 2 rings (SSSR count). The number of ether oxygens (including phenoxy) is 1. The smallest absolute Gasteiger partial charge is 0.410 e. The zero-order valence-electron chi connectivity index (χ0n) is 11.5. The number of halogens is 1. The average Bonchev–Trinajstić information content (AvgIpc) is 2.76. The summed E-state index contributed by atoms with van der Waals surface area (Å²) in [6.07, 6.45) is 3.38. The van der Waals surface area contributed by atoms with E-state index in [2.05, 4.69) is 4.98 Å². The lowest BCUT2D eigenvalue weighted by Crippen LogP contribution is -2.36. The van der Waals surface area contributed by atoms with Gasteiger partial charge in [0, 0.05) is 12.7 Å². The summed E-state index contributed by atoms with van der Waals surface area (Å²) in [5.41, 5.74) is 0.537. The Hall–Kier alpha value is -1.29. The van der Waals surface area contributed by atoms with Crippen LogP contribution < -0.4 is 0 Å². The zero-order valence-corrected chi connectivity index (χ0v) is 12.3. The highest BCUT2D eigenvalue weighted by Gasteiger charge is 2.33. The monoisotopic (exact) mass is 282 g/mol. The van der Waals surface area contributed by atoms with Crippen LogP contribution in [-0.2, 0) is 4.74 Å². The van der Waals surface area contributed by atoms with E-state index < -0.39 is 5.60 Å². The molecule has 1 aliphatic heterocycles. The largest absolute Gasteiger partial charge is 0.444 e. The molecular formula is C14H19ClN2O2. The number of hydrogen-bond donors (Lipinski definition) is 0. The number of likely N-dealkylation sites (tertiary alicyclic amines) is 1. The van der Waals surface area contributed by atoms with Crippen LogP contribution in [0.5, 0.6) is 0 Å². The molecule has 1 aliphatic rings. The average molecular weight is 283 g/mol. The molecule has 2 heterocycles. The minimum Gasteiger partial charge on any atom is -0.444 e. The molecule has 1 aromatic heterocycles. The molecule has 4 nitrogen and oxygen atoms in total. The summed E-state index contributed by atoms with van der Waals surface area (Å²) in [5.74, 6) is 0. The molecule has 1 aromatic rings. The molecule has 0 unspecified atom stereocenters. The second-order valence-corrected chi connectivity index (χ2v) is 6.13. The minimum atomic E-state index is -0.470. The molecule has 0 spiro atoms. The van der Waals surface area contributed by atoms with E-state index in [9.17, 15) is 4.79 Å². The van der Waals surface area contributed by atoms with Crippen molar-refractivity contribution in [3.8, 4) is 0 Å². The van der Waals surface area contributed by atoms with Crippen molar-refractivity contribution >= 4 is 17.7 Å². The lowest BCUT2D eigenvalue weighted by molar-refractivity contribution is 0.0224. The molecule has 0 saturated carbocycles. The van der Waals surface area contributed by atoms with Crippen LogP contribution in [0.2, 0.25) is 5.15 Å². The first kappa shape index (κ1) is 14.1. The Morgan fingerprint density at radius 1 is 1.47 bits per heavy atom. The number of carbonyl (C=O) groups excluding carboxylic acids is 1. The molecule has 0 aromatic carbocycles. The van der Waals surface area contributed by atoms with Gasteiger partial charge in [0.05, 0.1) is 6.04 Å². The van der Waals surface area contributed by atoms with Crippen molar-refractivity contribution in [1.29, 1.82) is 0 Å². The van der Waals surface area contributed by atoms with Gasteiger partial charge in [0.25, 0.3) is 0 Å². The third-order valence-corrected chi connectivity index (χ3v) is 3.24. The molecule has 1 fully saturated rings. The highest BCUT2D eigenvalue weighted by atomic mass is 35.5. The standard InChI is InChI=1S/C14H19ClN2O2/c1-14(2,3)19-13(18)17-8-4-5-11(17)10-6-7-12(15)16-9-10/h6-7,9,11H,4-5,8H2,1-3H3/t11-/m1/s1. The van der Waals surface area contributed by atoms with Gasteiger partial charge in [0.15, 0.2) is 0 Å². The summed E-state index contributed by atoms with van der Waals surface area (Å²) in [6.45, 7) is 6.35. The number of rotatable bonds is 1. The molecule has 1 amide bonds. The van der Waals surface area contributed by atoms with Crippen molar-refractivity contribution in [2.24, 2.45) is 0 Å². The van der Waals surface area contributed by atoms with Gasteiger partial charge in [0.1, 0.15) is 10.8 Å². The van der Waals surface area contributed by atoms with Crippen molar-refractivity contribution < 1.29 is 9.53 Å². The van der Waals surface area contributed by atoms with E-state index in [1.807, 2.05) is 26.8 Å². The quantitative estimate of drug-likeness (QED) is 0.736. The molecule has 0 aliphatic carbocycles. The Labute approximate surface area is 118 Å². The third kappa shape index (κ3) is 3.60. The van der Waals surface area contributed by atoms with Gasteiger partial charge in [-0.1, -0.05) is 17.7 Å². The fraction of sp³-hybridized carbons (Fsp3) is 0.571. The van der Waals surface area contributed by atoms with Crippen LogP contribution in [0.15, 0.2) is 18.3 Å². The maximum absolute atomic E-state index is 12.2. The predicted molar refractivity (Wildman–Crippen MR) is 74.2 cm³/mol. The van der Waals surface area contributed by atoms with E-state index in [0.717, 1.165) is 24.9 Å². The van der Waals surface area contributed by atoms with E-state index in [1.54, 1.807) is 17.2 Å². The SMILES string of the molecule is CC(C)(C)OC(=O)N1CCC[C@@H]1c1ccc(Cl)nc1. The molecule has 1 atom stereocenters. The van der Waals surface area contributed by atoms with E-state index in [1.165, 1.54) is 0 Å². The van der Waals surface area contributed by atoms with Gasteiger partial charge in [-0.05, 0) is 45.2 Å². The van der Waals surface area contributed by atoms with Gasteiger partial charge in [0.2, 0.25) is 0 Å². The maximum atomic E-state index is 12.2. The van der Waals surface area contributed by atoms with Crippen molar-refractivity contribution in [3.05, 3.63) is 29.0 Å². The minimum absolute atomic E-state index is 0.0413. The predicted octanol–water partition coefficient (Wildman–Crippen LogP) is 3.81. The summed E-state index contributed by atoms with van der Waals surface area (Å²) in [4.78, 5) is 18.0. The second-order valence-electron chi connectivity index (χ2n) is 5.75. The summed E-state index contributed by atoms with van der Waals surface area (Å²) >= 11 is 5.79. The summed E-state index contributed by atoms with van der Waals surface area (Å²) in [6, 6.07) is 3.71. The molecule has 104 valence electrons. The van der Waals surface area contributed by atoms with Gasteiger partial charge in [-0.25, -0.2) is 9.78 Å². The van der Waals surface area contributed by atoms with E-state index >= 15 is 0 Å². The summed E-state index contributed by atoms with van der Waals surface area (Å²) in [7, 11) is 0. The zero-order chi connectivity index (χ0) is 14.0. The van der Waals surface area contributed by atoms with Crippen LogP contribution in [0.4, 0.5) is 4.79 Å². The van der Waals surface area contributed by atoms with Gasteiger partial charge in [-0.15, -0.1) is 0 Å². The van der Waals surface area contributed by atoms with E-state index in [-0.39, 0.29) is 12.1 Å². The topological polar surface area (TPSA) is 42.4 Å². The lowest BCUT2D eigenvalue weighted by Gasteiger charge is -2.28. The highest BCUT2D eigenvalue weighted by molar-refractivity contribution is 6.29. The normalized spacial score (nSPS) is 19.6. The molecule has 0 bridgehead atoms. The lowest BCUT2D eigenvalue weighted by atomic mass is 10.1. The Morgan fingerprint density at radius 2 is 2.21 bits per heavy atom. The Balaban J connectivity index is 2.12. The van der Waals surface area contributed by atoms with Crippen LogP contribution in [0.1, 0.15) is 45.2 Å². The van der Waals surface area contributed by atoms with Crippen LogP contribution in [0.25, 0.3) is 0 Å². The highest BCUT2D eigenvalue weighted by Crippen LogP contribution is 2.33. The molecule has 5 heteroatoms. The first-order chi connectivity index (χ1) is 8.87. The summed E-state index contributed by atoms with van der Waals surface area (Å²) in [5, 5.41) is 0.463. The Morgan fingerprint density at radius 3 is 2.79 bits per heavy atom. The first-order valence-electron chi connectivity index (χ1n) is 6.48. The first-order valence-corrected chi connectivity index (χ1v) is 6.86. The fourth-order valence-corrected chi connectivity index (χ4v) is 2.35. The van der Waals surface area contributed by atoms with Gasteiger partial charge in [-0.2, -0.15) is 0 Å². The number of hydrogen-bond acceptors (Lipinski definition) is 3. The van der Waals surface area contributed by atoms with Crippen molar-refractivity contribution in [2.75, 3.05) is 6.54 Å². The summed E-state index contributed by atoms with van der Waals surface area (Å²) < 4.78 is 5.44. The molecule has 19 heavy (non-hydrogen) atoms.